The van der Waals surface area contributed by atoms with E-state index in [1.54, 1.807) is 0 Å². The zero-order valence-corrected chi connectivity index (χ0v) is 11.5. The molecular weight excluding hydrogens is 230 g/mol. The van der Waals surface area contributed by atoms with E-state index in [9.17, 15) is 4.79 Å². The maximum Gasteiger partial charge on any atom is 0.326 e. The van der Waals surface area contributed by atoms with Gasteiger partial charge in [-0.25, -0.2) is 0 Å². The third kappa shape index (κ3) is 3.04. The molecule has 0 aromatic heterocycles. The Hall–Kier alpha value is -0.610. The summed E-state index contributed by atoms with van der Waals surface area (Å²) in [4.78, 5) is 12.2. The molecule has 0 amide bonds. The van der Waals surface area contributed by atoms with E-state index in [1.165, 1.54) is 0 Å². The van der Waals surface area contributed by atoms with Gasteiger partial charge in [-0.05, 0) is 43.9 Å². The molecule has 0 aromatic carbocycles. The van der Waals surface area contributed by atoms with Gasteiger partial charge in [0, 0.05) is 13.2 Å². The average Bonchev–Trinajstić information content (AvgIpc) is 2.35. The quantitative estimate of drug-likeness (QED) is 0.765. The summed E-state index contributed by atoms with van der Waals surface area (Å²) in [5.41, 5.74) is 5.31. The molecule has 0 radical (unpaired) electrons. The molecule has 0 aromatic rings. The van der Waals surface area contributed by atoms with Crippen LogP contribution in [-0.2, 0) is 14.3 Å². The number of carbonyl (C=O) groups is 1. The molecule has 18 heavy (non-hydrogen) atoms. The first kappa shape index (κ1) is 13.8. The number of rotatable bonds is 2. The predicted molar refractivity (Wildman–Crippen MR) is 69.0 cm³/mol. The summed E-state index contributed by atoms with van der Waals surface area (Å²) in [5.74, 6) is 1.13. The van der Waals surface area contributed by atoms with Crippen LogP contribution in [0.1, 0.15) is 46.0 Å². The summed E-state index contributed by atoms with van der Waals surface area (Å²) < 4.78 is 10.9. The standard InChI is InChI=1S/C14H25NO3/c1-10-3-4-12(9-11(10)2)18-13(16)14(15)5-7-17-8-6-14/h10-12H,3-9,15H2,1-2H3. The van der Waals surface area contributed by atoms with Crippen molar-refractivity contribution in [3.05, 3.63) is 0 Å². The Balaban J connectivity index is 1.87. The van der Waals surface area contributed by atoms with Crippen LogP contribution in [0.2, 0.25) is 0 Å². The van der Waals surface area contributed by atoms with Crippen LogP contribution in [0, 0.1) is 11.8 Å². The number of carbonyl (C=O) groups excluding carboxylic acids is 1. The molecule has 4 nitrogen and oxygen atoms in total. The Kier molecular flexibility index (Phi) is 4.28. The first-order valence-electron chi connectivity index (χ1n) is 7.09. The Morgan fingerprint density at radius 1 is 1.22 bits per heavy atom. The second-order valence-corrected chi connectivity index (χ2v) is 6.06. The third-order valence-corrected chi connectivity index (χ3v) is 4.62. The lowest BCUT2D eigenvalue weighted by Crippen LogP contribution is -2.53. The molecule has 2 aliphatic rings. The summed E-state index contributed by atoms with van der Waals surface area (Å²) in [6, 6.07) is 0. The highest BCUT2D eigenvalue weighted by Crippen LogP contribution is 2.32. The molecule has 2 rings (SSSR count). The van der Waals surface area contributed by atoms with Crippen molar-refractivity contribution < 1.29 is 14.3 Å². The molecule has 2 fully saturated rings. The molecule has 0 spiro atoms. The van der Waals surface area contributed by atoms with Crippen LogP contribution in [-0.4, -0.2) is 30.8 Å². The van der Waals surface area contributed by atoms with Crippen LogP contribution in [0.4, 0.5) is 0 Å². The van der Waals surface area contributed by atoms with Crippen LogP contribution in [0.5, 0.6) is 0 Å². The van der Waals surface area contributed by atoms with E-state index in [1.807, 2.05) is 0 Å². The first-order chi connectivity index (χ1) is 8.51. The monoisotopic (exact) mass is 255 g/mol. The molecule has 3 unspecified atom stereocenters. The lowest BCUT2D eigenvalue weighted by atomic mass is 9.80. The normalized spacial score (nSPS) is 36.1. The fraction of sp³-hybridized carbons (Fsp3) is 0.929. The summed E-state index contributed by atoms with van der Waals surface area (Å²) >= 11 is 0. The lowest BCUT2D eigenvalue weighted by Gasteiger charge is -2.36. The lowest BCUT2D eigenvalue weighted by molar-refractivity contribution is -0.162. The Morgan fingerprint density at radius 2 is 1.89 bits per heavy atom. The molecular formula is C14H25NO3. The van der Waals surface area contributed by atoms with Gasteiger partial charge in [0.15, 0.2) is 0 Å². The summed E-state index contributed by atoms with van der Waals surface area (Å²) in [7, 11) is 0. The molecule has 0 bridgehead atoms. The van der Waals surface area contributed by atoms with Crippen molar-refractivity contribution in [1.82, 2.24) is 0 Å². The predicted octanol–water partition coefficient (Wildman–Crippen LogP) is 1.86. The second kappa shape index (κ2) is 5.57. The van der Waals surface area contributed by atoms with Gasteiger partial charge in [0.25, 0.3) is 0 Å². The van der Waals surface area contributed by atoms with Gasteiger partial charge in [0.05, 0.1) is 0 Å². The topological polar surface area (TPSA) is 61.5 Å². The van der Waals surface area contributed by atoms with Crippen LogP contribution >= 0.6 is 0 Å². The van der Waals surface area contributed by atoms with Gasteiger partial charge in [-0.2, -0.15) is 0 Å². The van der Waals surface area contributed by atoms with E-state index in [-0.39, 0.29) is 12.1 Å². The van der Waals surface area contributed by atoms with Crippen molar-refractivity contribution >= 4 is 5.97 Å². The second-order valence-electron chi connectivity index (χ2n) is 6.06. The number of hydrogen-bond acceptors (Lipinski definition) is 4. The zero-order chi connectivity index (χ0) is 13.2. The highest BCUT2D eigenvalue weighted by molar-refractivity contribution is 5.80. The SMILES string of the molecule is CC1CCC(OC(=O)C2(N)CCOCC2)CC1C. The largest absolute Gasteiger partial charge is 0.461 e. The van der Waals surface area contributed by atoms with Crippen molar-refractivity contribution in [3.63, 3.8) is 0 Å². The molecule has 4 heteroatoms. The van der Waals surface area contributed by atoms with E-state index >= 15 is 0 Å². The van der Waals surface area contributed by atoms with Gasteiger partial charge in [0.1, 0.15) is 11.6 Å². The van der Waals surface area contributed by atoms with Crippen molar-refractivity contribution in [2.24, 2.45) is 17.6 Å². The Morgan fingerprint density at radius 3 is 2.50 bits per heavy atom. The van der Waals surface area contributed by atoms with Gasteiger partial charge in [-0.1, -0.05) is 13.8 Å². The van der Waals surface area contributed by atoms with Gasteiger partial charge in [0.2, 0.25) is 0 Å². The fourth-order valence-electron chi connectivity index (χ4n) is 2.81. The number of hydrogen-bond donors (Lipinski definition) is 1. The van der Waals surface area contributed by atoms with E-state index in [2.05, 4.69) is 13.8 Å². The van der Waals surface area contributed by atoms with Crippen molar-refractivity contribution in [2.75, 3.05) is 13.2 Å². The van der Waals surface area contributed by atoms with Gasteiger partial charge in [-0.15, -0.1) is 0 Å². The fourth-order valence-corrected chi connectivity index (χ4v) is 2.81. The molecule has 1 heterocycles. The maximum absolute atomic E-state index is 12.2. The summed E-state index contributed by atoms with van der Waals surface area (Å²) in [6.45, 7) is 5.62. The van der Waals surface area contributed by atoms with Gasteiger partial charge < -0.3 is 15.2 Å². The zero-order valence-electron chi connectivity index (χ0n) is 11.5. The molecule has 1 aliphatic heterocycles. The van der Waals surface area contributed by atoms with E-state index in [0.29, 0.717) is 32.0 Å². The van der Waals surface area contributed by atoms with Crippen LogP contribution in [0.25, 0.3) is 0 Å². The minimum absolute atomic E-state index is 0.0620. The van der Waals surface area contributed by atoms with E-state index in [0.717, 1.165) is 25.2 Å². The van der Waals surface area contributed by atoms with Crippen LogP contribution < -0.4 is 5.73 Å². The van der Waals surface area contributed by atoms with Gasteiger partial charge >= 0.3 is 5.97 Å². The molecule has 2 N–H and O–H groups in total. The Bertz CT molecular complexity index is 299. The highest BCUT2D eigenvalue weighted by Gasteiger charge is 2.39. The molecule has 104 valence electrons. The summed E-state index contributed by atoms with van der Waals surface area (Å²) in [6.07, 6.45) is 4.30. The van der Waals surface area contributed by atoms with Gasteiger partial charge in [-0.3, -0.25) is 4.79 Å². The average molecular weight is 255 g/mol. The molecule has 1 saturated carbocycles. The van der Waals surface area contributed by atoms with Crippen LogP contribution in [0.15, 0.2) is 0 Å². The van der Waals surface area contributed by atoms with E-state index in [4.69, 9.17) is 15.2 Å². The van der Waals surface area contributed by atoms with Crippen molar-refractivity contribution in [1.29, 1.82) is 0 Å². The van der Waals surface area contributed by atoms with Crippen LogP contribution in [0.3, 0.4) is 0 Å². The van der Waals surface area contributed by atoms with Crippen molar-refractivity contribution in [2.45, 2.75) is 57.6 Å². The number of esters is 1. The number of nitrogens with two attached hydrogens (primary N) is 1. The third-order valence-electron chi connectivity index (χ3n) is 4.62. The first-order valence-corrected chi connectivity index (χ1v) is 7.09. The van der Waals surface area contributed by atoms with E-state index < -0.39 is 5.54 Å². The highest BCUT2D eigenvalue weighted by atomic mass is 16.5. The smallest absolute Gasteiger partial charge is 0.326 e. The number of ether oxygens (including phenoxy) is 2. The molecule has 1 saturated heterocycles. The summed E-state index contributed by atoms with van der Waals surface area (Å²) in [5, 5.41) is 0. The minimum atomic E-state index is -0.815. The molecule has 3 atom stereocenters. The minimum Gasteiger partial charge on any atom is -0.461 e. The van der Waals surface area contributed by atoms with Crippen molar-refractivity contribution in [3.8, 4) is 0 Å². The molecule has 1 aliphatic carbocycles. The maximum atomic E-state index is 12.2. The Labute approximate surface area is 109 Å².